The lowest BCUT2D eigenvalue weighted by atomic mass is 10.5. The fraction of sp³-hybridized carbons (Fsp3) is 1.00. The van der Waals surface area contributed by atoms with Crippen LogP contribution in [0.25, 0.3) is 0 Å². The lowest BCUT2D eigenvalue weighted by Gasteiger charge is -2.28. The van der Waals surface area contributed by atoms with E-state index in [-0.39, 0.29) is 50.8 Å². The van der Waals surface area contributed by atoms with Crippen molar-refractivity contribution >= 4 is 9.05 Å². The summed E-state index contributed by atoms with van der Waals surface area (Å²) in [6, 6.07) is 0. The standard InChI is InChI=1S/C28H60O12Si/c1-25(2)33-17-9-29-13-21-37-41(38-22-14-30-10-18-34-26(3)4,39-23-15-31-11-19-35-27(5)6)40-24-16-32-12-20-36-28(7)8/h25-28H,9-24H2,1-8H3. The first-order valence-corrected chi connectivity index (χ1v) is 16.6. The van der Waals surface area contributed by atoms with Crippen molar-refractivity contribution in [2.75, 3.05) is 106 Å². The number of rotatable bonds is 32. The molecular weight excluding hydrogens is 556 g/mol. The molecule has 12 nitrogen and oxygen atoms in total. The maximum Gasteiger partial charge on any atom is 0.680 e. The molecule has 0 aliphatic rings. The number of ether oxygens (including phenoxy) is 8. The normalized spacial score (nSPS) is 12.6. The van der Waals surface area contributed by atoms with E-state index < -0.39 is 9.05 Å². The van der Waals surface area contributed by atoms with E-state index in [1.54, 1.807) is 0 Å². The highest BCUT2D eigenvalue weighted by molar-refractivity contribution is 6.53. The molecule has 0 fully saturated rings. The summed E-state index contributed by atoms with van der Waals surface area (Å²) in [4.78, 5) is 0. The molecule has 0 atom stereocenters. The Morgan fingerprint density at radius 1 is 0.293 bits per heavy atom. The van der Waals surface area contributed by atoms with E-state index in [1.165, 1.54) is 0 Å². The van der Waals surface area contributed by atoms with Crippen molar-refractivity contribution in [2.24, 2.45) is 0 Å². The third-order valence-electron chi connectivity index (χ3n) is 4.74. The van der Waals surface area contributed by atoms with Gasteiger partial charge in [-0.15, -0.1) is 0 Å². The molecule has 0 aromatic heterocycles. The van der Waals surface area contributed by atoms with Gasteiger partial charge >= 0.3 is 9.05 Å². The Morgan fingerprint density at radius 2 is 0.488 bits per heavy atom. The predicted octanol–water partition coefficient (Wildman–Crippen LogP) is 3.25. The highest BCUT2D eigenvalue weighted by atomic mass is 28.4. The minimum absolute atomic E-state index is 0.155. The van der Waals surface area contributed by atoms with Crippen molar-refractivity contribution in [1.29, 1.82) is 0 Å². The summed E-state index contributed by atoms with van der Waals surface area (Å²) < 4.78 is 69.0. The Bertz CT molecular complexity index is 447. The Hall–Kier alpha value is -0.263. The molecule has 0 heterocycles. The Balaban J connectivity index is 4.90. The molecule has 0 rings (SSSR count). The molecule has 0 saturated heterocycles. The first-order valence-electron chi connectivity index (χ1n) is 15.0. The van der Waals surface area contributed by atoms with Crippen molar-refractivity contribution < 1.29 is 55.6 Å². The van der Waals surface area contributed by atoms with Crippen LogP contribution in [-0.4, -0.2) is 139 Å². The van der Waals surface area contributed by atoms with Gasteiger partial charge in [-0.3, -0.25) is 0 Å². The van der Waals surface area contributed by atoms with Gasteiger partial charge in [-0.2, -0.15) is 0 Å². The Labute approximate surface area is 250 Å². The molecule has 41 heavy (non-hydrogen) atoms. The summed E-state index contributed by atoms with van der Waals surface area (Å²) in [6.45, 7) is 22.0. The van der Waals surface area contributed by atoms with Crippen LogP contribution in [0.5, 0.6) is 0 Å². The molecule has 248 valence electrons. The van der Waals surface area contributed by atoms with Gasteiger partial charge in [-0.25, -0.2) is 0 Å². The Kier molecular flexibility index (Phi) is 28.3. The topological polar surface area (TPSA) is 111 Å². The monoisotopic (exact) mass is 616 g/mol. The minimum atomic E-state index is -3.59. The van der Waals surface area contributed by atoms with Gasteiger partial charge in [-0.1, -0.05) is 0 Å². The van der Waals surface area contributed by atoms with Crippen LogP contribution in [-0.2, 0) is 55.6 Å². The second-order valence-corrected chi connectivity index (χ2v) is 12.2. The molecule has 0 radical (unpaired) electrons. The Morgan fingerprint density at radius 3 is 0.683 bits per heavy atom. The summed E-state index contributed by atoms with van der Waals surface area (Å²) >= 11 is 0. The third-order valence-corrected chi connectivity index (χ3v) is 6.97. The van der Waals surface area contributed by atoms with Gasteiger partial charge in [0.25, 0.3) is 0 Å². The molecule has 0 bridgehead atoms. The van der Waals surface area contributed by atoms with Crippen molar-refractivity contribution in [3.63, 3.8) is 0 Å². The fourth-order valence-corrected chi connectivity index (χ4v) is 4.76. The van der Waals surface area contributed by atoms with Crippen LogP contribution in [0.1, 0.15) is 55.4 Å². The molecule has 0 aliphatic heterocycles. The van der Waals surface area contributed by atoms with Crippen LogP contribution >= 0.6 is 0 Å². The van der Waals surface area contributed by atoms with Crippen LogP contribution in [0.2, 0.25) is 0 Å². The van der Waals surface area contributed by atoms with Crippen LogP contribution in [0.15, 0.2) is 0 Å². The second-order valence-electron chi connectivity index (χ2n) is 10.0. The lowest BCUT2D eigenvalue weighted by Crippen LogP contribution is -2.51. The van der Waals surface area contributed by atoms with E-state index >= 15 is 0 Å². The highest BCUT2D eigenvalue weighted by Gasteiger charge is 2.46. The zero-order valence-corrected chi connectivity index (χ0v) is 28.0. The summed E-state index contributed by atoms with van der Waals surface area (Å²) in [7, 11) is -3.59. The fourth-order valence-electron chi connectivity index (χ4n) is 2.93. The van der Waals surface area contributed by atoms with E-state index in [9.17, 15) is 0 Å². The van der Waals surface area contributed by atoms with E-state index in [1.807, 2.05) is 55.4 Å². The van der Waals surface area contributed by atoms with Gasteiger partial charge in [-0.05, 0) is 55.4 Å². The van der Waals surface area contributed by atoms with E-state index in [2.05, 4.69) is 0 Å². The quantitative estimate of drug-likeness (QED) is 0.0817. The van der Waals surface area contributed by atoms with Gasteiger partial charge in [0, 0.05) is 0 Å². The number of hydrogen-bond acceptors (Lipinski definition) is 12. The molecular formula is C28H60O12Si. The van der Waals surface area contributed by atoms with Crippen molar-refractivity contribution in [3.05, 3.63) is 0 Å². The van der Waals surface area contributed by atoms with E-state index in [4.69, 9.17) is 55.6 Å². The largest absolute Gasteiger partial charge is 0.680 e. The van der Waals surface area contributed by atoms with E-state index in [0.717, 1.165) is 0 Å². The maximum absolute atomic E-state index is 6.10. The summed E-state index contributed by atoms with van der Waals surface area (Å²) in [6.07, 6.45) is 0.621. The van der Waals surface area contributed by atoms with Gasteiger partial charge < -0.3 is 55.6 Å². The molecule has 0 amide bonds. The van der Waals surface area contributed by atoms with Crippen molar-refractivity contribution in [1.82, 2.24) is 0 Å². The van der Waals surface area contributed by atoms with Gasteiger partial charge in [0.2, 0.25) is 0 Å². The highest BCUT2D eigenvalue weighted by Crippen LogP contribution is 2.13. The second kappa shape index (κ2) is 28.5. The van der Waals surface area contributed by atoms with Crippen LogP contribution in [0.4, 0.5) is 0 Å². The lowest BCUT2D eigenvalue weighted by molar-refractivity contribution is -0.0762. The van der Waals surface area contributed by atoms with Crippen LogP contribution in [0, 0.1) is 0 Å². The van der Waals surface area contributed by atoms with Gasteiger partial charge in [0.05, 0.1) is 130 Å². The number of hydrogen-bond donors (Lipinski definition) is 0. The predicted molar refractivity (Wildman–Crippen MR) is 157 cm³/mol. The average molecular weight is 617 g/mol. The summed E-state index contributed by atoms with van der Waals surface area (Å²) in [5.41, 5.74) is 0. The van der Waals surface area contributed by atoms with Crippen LogP contribution < -0.4 is 0 Å². The smallest absolute Gasteiger partial charge is 0.377 e. The average Bonchev–Trinajstić information content (AvgIpc) is 2.90. The van der Waals surface area contributed by atoms with Gasteiger partial charge in [0.15, 0.2) is 0 Å². The molecule has 0 saturated carbocycles. The minimum Gasteiger partial charge on any atom is -0.377 e. The SMILES string of the molecule is CC(C)OCCOCCO[Si](OCCOCCOC(C)C)(OCCOCCOC(C)C)OCCOCCOC(C)C. The third kappa shape index (κ3) is 29.6. The zero-order chi connectivity index (χ0) is 30.6. The molecule has 0 unspecified atom stereocenters. The summed E-state index contributed by atoms with van der Waals surface area (Å²) in [5.74, 6) is 0. The first kappa shape index (κ1) is 40.7. The zero-order valence-electron chi connectivity index (χ0n) is 27.0. The molecule has 0 aromatic rings. The molecule has 0 spiro atoms. The van der Waals surface area contributed by atoms with Crippen molar-refractivity contribution in [3.8, 4) is 0 Å². The maximum atomic E-state index is 6.10. The molecule has 0 aliphatic carbocycles. The van der Waals surface area contributed by atoms with Gasteiger partial charge in [0.1, 0.15) is 0 Å². The molecule has 13 heteroatoms. The first-order chi connectivity index (χ1) is 19.7. The van der Waals surface area contributed by atoms with Crippen molar-refractivity contribution in [2.45, 2.75) is 79.8 Å². The summed E-state index contributed by atoms with van der Waals surface area (Å²) in [5, 5.41) is 0. The molecule has 0 N–H and O–H groups in total. The molecule has 0 aromatic carbocycles. The van der Waals surface area contributed by atoms with E-state index in [0.29, 0.717) is 79.3 Å². The van der Waals surface area contributed by atoms with Crippen LogP contribution in [0.3, 0.4) is 0 Å².